The SMILES string of the molecule is CC1OC(OC(C)C2(O)CCC3C4CC=C5CC(O)CCC5(C)C4CCC32C)CC(O)C1O. The van der Waals surface area contributed by atoms with E-state index in [1.807, 2.05) is 6.92 Å². The van der Waals surface area contributed by atoms with Crippen molar-refractivity contribution in [2.75, 3.05) is 0 Å². The Morgan fingerprint density at radius 1 is 1.06 bits per heavy atom. The molecule has 0 aromatic carbocycles. The van der Waals surface area contributed by atoms with Crippen LogP contribution in [-0.2, 0) is 9.47 Å². The number of ether oxygens (including phenoxy) is 2. The van der Waals surface area contributed by atoms with Gasteiger partial charge in [-0.1, -0.05) is 25.5 Å². The minimum absolute atomic E-state index is 0.186. The van der Waals surface area contributed by atoms with Gasteiger partial charge >= 0.3 is 0 Å². The highest BCUT2D eigenvalue weighted by Gasteiger charge is 2.65. The molecule has 6 heteroatoms. The van der Waals surface area contributed by atoms with Crippen LogP contribution in [-0.4, -0.2) is 62.8 Å². The van der Waals surface area contributed by atoms with Crippen molar-refractivity contribution in [2.45, 2.75) is 128 Å². The van der Waals surface area contributed by atoms with Gasteiger partial charge in [0.1, 0.15) is 6.10 Å². The zero-order valence-corrected chi connectivity index (χ0v) is 20.7. The van der Waals surface area contributed by atoms with Crippen LogP contribution in [0.2, 0.25) is 0 Å². The molecule has 188 valence electrons. The normalized spacial score (nSPS) is 55.2. The molecule has 0 spiro atoms. The van der Waals surface area contributed by atoms with Crippen molar-refractivity contribution in [1.29, 1.82) is 0 Å². The van der Waals surface area contributed by atoms with Crippen molar-refractivity contribution in [3.05, 3.63) is 11.6 Å². The molecule has 1 saturated heterocycles. The van der Waals surface area contributed by atoms with Gasteiger partial charge in [-0.05, 0) is 88.4 Å². The van der Waals surface area contributed by atoms with Crippen LogP contribution >= 0.6 is 0 Å². The Balaban J connectivity index is 1.34. The first-order chi connectivity index (χ1) is 15.5. The van der Waals surface area contributed by atoms with Crippen molar-refractivity contribution >= 4 is 0 Å². The van der Waals surface area contributed by atoms with E-state index in [0.29, 0.717) is 17.8 Å². The maximum atomic E-state index is 12.1. The quantitative estimate of drug-likeness (QED) is 0.479. The number of allylic oxidation sites excluding steroid dienone is 1. The Kier molecular flexibility index (Phi) is 6.07. The van der Waals surface area contributed by atoms with E-state index < -0.39 is 36.3 Å². The number of aliphatic hydroxyl groups is 4. The molecule has 12 unspecified atom stereocenters. The Labute approximate surface area is 198 Å². The van der Waals surface area contributed by atoms with Crippen molar-refractivity contribution in [1.82, 2.24) is 0 Å². The fourth-order valence-electron chi connectivity index (χ4n) is 8.81. The third-order valence-electron chi connectivity index (χ3n) is 11.0. The molecule has 5 aliphatic rings. The average molecular weight is 465 g/mol. The fraction of sp³-hybridized carbons (Fsp3) is 0.926. The maximum Gasteiger partial charge on any atom is 0.161 e. The highest BCUT2D eigenvalue weighted by molar-refractivity contribution is 5.26. The lowest BCUT2D eigenvalue weighted by molar-refractivity contribution is -0.288. The largest absolute Gasteiger partial charge is 0.393 e. The summed E-state index contributed by atoms with van der Waals surface area (Å²) in [6.07, 6.45) is 6.81. The first kappa shape index (κ1) is 24.2. The highest BCUT2D eigenvalue weighted by Crippen LogP contribution is 2.67. The number of hydrogen-bond donors (Lipinski definition) is 4. The number of rotatable bonds is 3. The van der Waals surface area contributed by atoms with Gasteiger partial charge in [0.25, 0.3) is 0 Å². The van der Waals surface area contributed by atoms with E-state index in [1.54, 1.807) is 6.92 Å². The van der Waals surface area contributed by atoms with Crippen LogP contribution in [0.15, 0.2) is 11.6 Å². The standard InChI is InChI=1S/C27H44O6/c1-15-24(30)22(29)14-23(32-15)33-16(2)27(31)12-9-21-19-6-5-17-13-18(28)7-10-25(17,3)20(19)8-11-26(21,27)4/h5,15-16,18-24,28-31H,6-14H2,1-4H3. The molecule has 4 N–H and O–H groups in total. The molecule has 0 radical (unpaired) electrons. The van der Waals surface area contributed by atoms with Gasteiger partial charge in [-0.25, -0.2) is 0 Å². The van der Waals surface area contributed by atoms with E-state index in [1.165, 1.54) is 5.57 Å². The monoisotopic (exact) mass is 464 g/mol. The molecule has 33 heavy (non-hydrogen) atoms. The van der Waals surface area contributed by atoms with E-state index in [-0.39, 0.29) is 23.4 Å². The van der Waals surface area contributed by atoms with Crippen LogP contribution in [0.4, 0.5) is 0 Å². The summed E-state index contributed by atoms with van der Waals surface area (Å²) < 4.78 is 12.1. The second-order valence-electron chi connectivity index (χ2n) is 12.4. The van der Waals surface area contributed by atoms with E-state index in [2.05, 4.69) is 19.9 Å². The van der Waals surface area contributed by atoms with Gasteiger partial charge in [0.15, 0.2) is 6.29 Å². The third kappa shape index (κ3) is 3.58. The summed E-state index contributed by atoms with van der Waals surface area (Å²) in [5.41, 5.74) is 0.501. The highest BCUT2D eigenvalue weighted by atomic mass is 16.7. The van der Waals surface area contributed by atoms with Gasteiger partial charge in [0.2, 0.25) is 0 Å². The summed E-state index contributed by atoms with van der Waals surface area (Å²) in [5.74, 6) is 1.64. The van der Waals surface area contributed by atoms with Gasteiger partial charge in [0.05, 0.1) is 30.0 Å². The first-order valence-corrected chi connectivity index (χ1v) is 13.3. The van der Waals surface area contributed by atoms with E-state index in [0.717, 1.165) is 51.4 Å². The molecular formula is C27H44O6. The lowest BCUT2D eigenvalue weighted by Crippen LogP contribution is -2.59. The van der Waals surface area contributed by atoms with E-state index in [4.69, 9.17) is 9.47 Å². The molecule has 6 nitrogen and oxygen atoms in total. The molecule has 0 aromatic heterocycles. The Hall–Kier alpha value is -0.500. The molecule has 4 fully saturated rings. The summed E-state index contributed by atoms with van der Waals surface area (Å²) in [7, 11) is 0. The van der Waals surface area contributed by atoms with Gasteiger partial charge < -0.3 is 29.9 Å². The summed E-state index contributed by atoms with van der Waals surface area (Å²) in [6.45, 7) is 8.40. The lowest BCUT2D eigenvalue weighted by atomic mass is 9.46. The second kappa shape index (κ2) is 8.28. The third-order valence-corrected chi connectivity index (χ3v) is 11.0. The molecular weight excluding hydrogens is 420 g/mol. The second-order valence-corrected chi connectivity index (χ2v) is 12.4. The molecule has 1 heterocycles. The number of aliphatic hydroxyl groups excluding tert-OH is 3. The van der Waals surface area contributed by atoms with Crippen LogP contribution in [0.5, 0.6) is 0 Å². The molecule has 4 aliphatic carbocycles. The zero-order chi connectivity index (χ0) is 23.8. The van der Waals surface area contributed by atoms with Gasteiger partial charge in [-0.3, -0.25) is 0 Å². The van der Waals surface area contributed by atoms with Crippen LogP contribution in [0.3, 0.4) is 0 Å². The minimum Gasteiger partial charge on any atom is -0.393 e. The Bertz CT molecular complexity index is 773. The van der Waals surface area contributed by atoms with Crippen LogP contribution in [0.25, 0.3) is 0 Å². The minimum atomic E-state index is -0.941. The first-order valence-electron chi connectivity index (χ1n) is 13.3. The Morgan fingerprint density at radius 3 is 2.52 bits per heavy atom. The number of fused-ring (bicyclic) bond motifs is 5. The topological polar surface area (TPSA) is 99.4 Å². The van der Waals surface area contributed by atoms with Crippen molar-refractivity contribution in [3.63, 3.8) is 0 Å². The van der Waals surface area contributed by atoms with Gasteiger partial charge in [-0.2, -0.15) is 0 Å². The molecule has 0 amide bonds. The summed E-state index contributed by atoms with van der Waals surface area (Å²) in [4.78, 5) is 0. The summed E-state index contributed by atoms with van der Waals surface area (Å²) in [6, 6.07) is 0. The smallest absolute Gasteiger partial charge is 0.161 e. The molecule has 0 aromatic rings. The number of hydrogen-bond acceptors (Lipinski definition) is 6. The maximum absolute atomic E-state index is 12.1. The predicted molar refractivity (Wildman–Crippen MR) is 124 cm³/mol. The summed E-state index contributed by atoms with van der Waals surface area (Å²) >= 11 is 0. The van der Waals surface area contributed by atoms with Crippen LogP contribution in [0, 0.1) is 28.6 Å². The molecule has 5 rings (SSSR count). The van der Waals surface area contributed by atoms with E-state index >= 15 is 0 Å². The Morgan fingerprint density at radius 2 is 1.79 bits per heavy atom. The average Bonchev–Trinajstić information content (AvgIpc) is 3.04. The zero-order valence-electron chi connectivity index (χ0n) is 20.7. The molecule has 1 aliphatic heterocycles. The van der Waals surface area contributed by atoms with E-state index in [9.17, 15) is 20.4 Å². The van der Waals surface area contributed by atoms with Crippen molar-refractivity contribution < 1.29 is 29.9 Å². The van der Waals surface area contributed by atoms with Crippen LogP contribution in [0.1, 0.15) is 85.5 Å². The summed E-state index contributed by atoms with van der Waals surface area (Å²) in [5, 5.41) is 42.5. The van der Waals surface area contributed by atoms with Crippen molar-refractivity contribution in [2.24, 2.45) is 28.6 Å². The predicted octanol–water partition coefficient (Wildman–Crippen LogP) is 3.30. The fourth-order valence-corrected chi connectivity index (χ4v) is 8.81. The molecule has 12 atom stereocenters. The van der Waals surface area contributed by atoms with Gasteiger partial charge in [0, 0.05) is 11.8 Å². The lowest BCUT2D eigenvalue weighted by Gasteiger charge is -2.59. The molecule has 0 bridgehead atoms. The van der Waals surface area contributed by atoms with Gasteiger partial charge in [-0.15, -0.1) is 0 Å². The molecule has 3 saturated carbocycles. The van der Waals surface area contributed by atoms with Crippen LogP contribution < -0.4 is 0 Å². The van der Waals surface area contributed by atoms with Crippen molar-refractivity contribution in [3.8, 4) is 0 Å².